The summed E-state index contributed by atoms with van der Waals surface area (Å²) in [6, 6.07) is 13.0. The van der Waals surface area contributed by atoms with Crippen LogP contribution in [0, 0.1) is 21.7 Å². The van der Waals surface area contributed by atoms with Gasteiger partial charge in [-0.15, -0.1) is 0 Å². The first-order valence-corrected chi connectivity index (χ1v) is 9.17. The number of benzene rings is 2. The molecule has 0 N–H and O–H groups in total. The van der Waals surface area contributed by atoms with Crippen molar-refractivity contribution in [1.82, 2.24) is 19.6 Å². The molecule has 0 fully saturated rings. The van der Waals surface area contributed by atoms with Crippen LogP contribution in [0.4, 0.5) is 14.6 Å². The van der Waals surface area contributed by atoms with E-state index in [4.69, 9.17) is 0 Å². The van der Waals surface area contributed by atoms with E-state index in [1.807, 2.05) is 0 Å². The second-order valence-corrected chi connectivity index (χ2v) is 6.93. The summed E-state index contributed by atoms with van der Waals surface area (Å²) in [4.78, 5) is 10.3. The van der Waals surface area contributed by atoms with Gasteiger partial charge in [-0.3, -0.25) is 0 Å². The third kappa shape index (κ3) is 3.79. The molecule has 0 amide bonds. The fraction of sp³-hybridized carbons (Fsp3) is 0.0526. The number of hydrogen-bond acceptors (Lipinski definition) is 4. The molecule has 2 heterocycles. The second-order valence-electron chi connectivity index (χ2n) is 6.14. The molecule has 4 rings (SSSR count). The van der Waals surface area contributed by atoms with Crippen LogP contribution in [-0.2, 0) is 6.67 Å². The minimum Gasteiger partial charge on any atom is -0.358 e. The quantitative estimate of drug-likeness (QED) is 0.315. The smallest absolute Gasteiger partial charge is 0.358 e. The highest BCUT2D eigenvalue weighted by Crippen LogP contribution is 2.36. The molecule has 0 aliphatic heterocycles. The molecule has 0 radical (unpaired) electrons. The van der Waals surface area contributed by atoms with Gasteiger partial charge in [0.25, 0.3) is 0 Å². The number of nitrogens with zero attached hydrogens (tertiary/aromatic N) is 5. The molecule has 0 unspecified atom stereocenters. The van der Waals surface area contributed by atoms with Crippen molar-refractivity contribution in [2.24, 2.45) is 0 Å². The lowest BCUT2D eigenvalue weighted by molar-refractivity contribution is -0.389. The molecule has 0 saturated carbocycles. The Bertz CT molecular complexity index is 1190. The van der Waals surface area contributed by atoms with Crippen LogP contribution in [0.25, 0.3) is 22.5 Å². The van der Waals surface area contributed by atoms with Crippen molar-refractivity contribution in [1.29, 1.82) is 0 Å². The first-order chi connectivity index (χ1) is 13.9. The lowest BCUT2D eigenvalue weighted by Crippen LogP contribution is -2.11. The molecule has 0 aliphatic rings. The van der Waals surface area contributed by atoms with E-state index in [1.54, 1.807) is 28.9 Å². The third-order valence-electron chi connectivity index (χ3n) is 4.22. The summed E-state index contributed by atoms with van der Waals surface area (Å²) in [5.74, 6) is -1.03. The Morgan fingerprint density at radius 2 is 1.52 bits per heavy atom. The van der Waals surface area contributed by atoms with E-state index >= 15 is 0 Å². The standard InChI is InChI=1S/C19H12BrF2N5O2/c20-17-18(12-1-5-14(21)6-2-12)24-26(11-25-10-9-16(23-25)27(28)29)19(17)13-3-7-15(22)8-4-13/h1-10H,11H2. The average molecular weight is 460 g/mol. The Kier molecular flexibility index (Phi) is 4.93. The largest absolute Gasteiger partial charge is 0.389 e. The van der Waals surface area contributed by atoms with Gasteiger partial charge in [0.2, 0.25) is 0 Å². The maximum absolute atomic E-state index is 13.4. The lowest BCUT2D eigenvalue weighted by atomic mass is 10.1. The molecule has 29 heavy (non-hydrogen) atoms. The molecule has 7 nitrogen and oxygen atoms in total. The van der Waals surface area contributed by atoms with Gasteiger partial charge in [-0.1, -0.05) is 0 Å². The topological polar surface area (TPSA) is 78.8 Å². The fourth-order valence-corrected chi connectivity index (χ4v) is 3.62. The van der Waals surface area contributed by atoms with Gasteiger partial charge in [0.1, 0.15) is 17.3 Å². The van der Waals surface area contributed by atoms with Crippen LogP contribution < -0.4 is 0 Å². The molecule has 0 bridgehead atoms. The van der Waals surface area contributed by atoms with E-state index in [0.29, 0.717) is 27.0 Å². The van der Waals surface area contributed by atoms with E-state index in [9.17, 15) is 18.9 Å². The molecule has 0 atom stereocenters. The molecule has 0 saturated heterocycles. The monoisotopic (exact) mass is 459 g/mol. The average Bonchev–Trinajstić information content (AvgIpc) is 3.29. The predicted molar refractivity (Wildman–Crippen MR) is 105 cm³/mol. The first-order valence-electron chi connectivity index (χ1n) is 8.38. The van der Waals surface area contributed by atoms with E-state index < -0.39 is 4.92 Å². The maximum Gasteiger partial charge on any atom is 0.389 e. The third-order valence-corrected chi connectivity index (χ3v) is 4.97. The van der Waals surface area contributed by atoms with Gasteiger partial charge in [-0.05, 0) is 69.4 Å². The van der Waals surface area contributed by atoms with Crippen LogP contribution in [0.5, 0.6) is 0 Å². The number of rotatable bonds is 5. The fourth-order valence-electron chi connectivity index (χ4n) is 2.88. The zero-order valence-corrected chi connectivity index (χ0v) is 16.3. The SMILES string of the molecule is O=[N+]([O-])c1ccn(Cn2nc(-c3ccc(F)cc3)c(Br)c2-c2ccc(F)cc2)n1. The predicted octanol–water partition coefficient (Wildman–Crippen LogP) is 4.87. The Labute approximate surface area is 171 Å². The number of aromatic nitrogens is 4. The van der Waals surface area contributed by atoms with Gasteiger partial charge in [0, 0.05) is 11.1 Å². The molecule has 2 aromatic heterocycles. The summed E-state index contributed by atoms with van der Waals surface area (Å²) in [6.45, 7) is 0.0837. The van der Waals surface area contributed by atoms with E-state index in [2.05, 4.69) is 26.1 Å². The molecule has 0 spiro atoms. The van der Waals surface area contributed by atoms with Crippen LogP contribution in [0.1, 0.15) is 0 Å². The highest BCUT2D eigenvalue weighted by Gasteiger charge is 2.21. The van der Waals surface area contributed by atoms with Crippen molar-refractivity contribution in [2.45, 2.75) is 6.67 Å². The second kappa shape index (κ2) is 7.55. The molecule has 146 valence electrons. The van der Waals surface area contributed by atoms with Crippen molar-refractivity contribution < 1.29 is 13.7 Å². The van der Waals surface area contributed by atoms with E-state index in [-0.39, 0.29) is 24.1 Å². The van der Waals surface area contributed by atoms with Crippen molar-refractivity contribution >= 4 is 21.7 Å². The summed E-state index contributed by atoms with van der Waals surface area (Å²) in [6.07, 6.45) is 1.47. The molecule has 2 aromatic carbocycles. The van der Waals surface area contributed by atoms with Crippen molar-refractivity contribution in [3.8, 4) is 22.5 Å². The van der Waals surface area contributed by atoms with Gasteiger partial charge in [-0.25, -0.2) is 13.5 Å². The zero-order valence-electron chi connectivity index (χ0n) is 14.7. The zero-order chi connectivity index (χ0) is 20.5. The van der Waals surface area contributed by atoms with E-state index in [1.165, 1.54) is 41.2 Å². The summed E-state index contributed by atoms with van der Waals surface area (Å²) in [7, 11) is 0. The normalized spacial score (nSPS) is 11.0. The molecular weight excluding hydrogens is 448 g/mol. The van der Waals surface area contributed by atoms with Crippen LogP contribution >= 0.6 is 15.9 Å². The molecule has 0 aliphatic carbocycles. The van der Waals surface area contributed by atoms with Gasteiger partial charge in [-0.2, -0.15) is 9.78 Å². The Balaban J connectivity index is 1.83. The summed E-state index contributed by atoms with van der Waals surface area (Å²) >= 11 is 3.55. The molecular formula is C19H12BrF2N5O2. The van der Waals surface area contributed by atoms with Gasteiger partial charge >= 0.3 is 5.82 Å². The highest BCUT2D eigenvalue weighted by atomic mass is 79.9. The number of nitro groups is 1. The Morgan fingerprint density at radius 1 is 0.931 bits per heavy atom. The van der Waals surface area contributed by atoms with E-state index in [0.717, 1.165) is 0 Å². The van der Waals surface area contributed by atoms with Gasteiger partial charge in [0.15, 0.2) is 6.67 Å². The first kappa shape index (κ1) is 18.9. The number of hydrogen-bond donors (Lipinski definition) is 0. The van der Waals surface area contributed by atoms with Crippen LogP contribution in [0.15, 0.2) is 65.3 Å². The van der Waals surface area contributed by atoms with Gasteiger partial charge in [0.05, 0.1) is 27.5 Å². The van der Waals surface area contributed by atoms with Crippen molar-refractivity contribution in [3.05, 3.63) is 87.0 Å². The summed E-state index contributed by atoms with van der Waals surface area (Å²) in [5.41, 5.74) is 2.53. The minimum absolute atomic E-state index is 0.0837. The molecule has 4 aromatic rings. The van der Waals surface area contributed by atoms with Crippen molar-refractivity contribution in [2.75, 3.05) is 0 Å². The summed E-state index contributed by atoms with van der Waals surface area (Å²) in [5, 5.41) is 19.4. The van der Waals surface area contributed by atoms with Crippen LogP contribution in [-0.4, -0.2) is 24.5 Å². The van der Waals surface area contributed by atoms with Crippen LogP contribution in [0.2, 0.25) is 0 Å². The van der Waals surface area contributed by atoms with Gasteiger partial charge < -0.3 is 10.1 Å². The maximum atomic E-state index is 13.4. The van der Waals surface area contributed by atoms with Crippen LogP contribution in [0.3, 0.4) is 0 Å². The lowest BCUT2D eigenvalue weighted by Gasteiger charge is -2.07. The Hall–Kier alpha value is -3.40. The minimum atomic E-state index is -0.583. The Morgan fingerprint density at radius 3 is 2.07 bits per heavy atom. The molecule has 10 heteroatoms. The summed E-state index contributed by atoms with van der Waals surface area (Å²) < 4.78 is 30.3. The number of halogens is 3. The van der Waals surface area contributed by atoms with Crippen molar-refractivity contribution in [3.63, 3.8) is 0 Å². The highest BCUT2D eigenvalue weighted by molar-refractivity contribution is 9.10.